The van der Waals surface area contributed by atoms with E-state index in [2.05, 4.69) is 10.9 Å². The number of benzene rings is 1. The molecule has 9 heteroatoms. The first-order valence-electron chi connectivity index (χ1n) is 6.37. The average molecular weight is 345 g/mol. The van der Waals surface area contributed by atoms with Crippen molar-refractivity contribution in [2.24, 2.45) is 0 Å². The number of carbonyl (C=O) groups is 2. The quantitative estimate of drug-likeness (QED) is 0.715. The zero-order valence-electron chi connectivity index (χ0n) is 12.6. The van der Waals surface area contributed by atoms with Crippen molar-refractivity contribution < 1.29 is 18.0 Å². The van der Waals surface area contributed by atoms with Crippen molar-refractivity contribution >= 4 is 33.6 Å². The zero-order chi connectivity index (χ0) is 16.8. The molecular weight excluding hydrogens is 326 g/mol. The van der Waals surface area contributed by atoms with Crippen LogP contribution in [0.1, 0.15) is 5.56 Å². The number of hydrazine groups is 1. The largest absolute Gasteiger partial charge is 0.272 e. The van der Waals surface area contributed by atoms with E-state index in [1.54, 1.807) is 18.4 Å². The Kier molecular flexibility index (Phi) is 6.85. The van der Waals surface area contributed by atoms with Crippen molar-refractivity contribution in [2.45, 2.75) is 11.8 Å². The normalized spacial score (nSPS) is 11.3. The van der Waals surface area contributed by atoms with E-state index < -0.39 is 22.5 Å². The molecule has 0 aromatic heterocycles. The topological polar surface area (TPSA) is 95.6 Å². The van der Waals surface area contributed by atoms with E-state index in [-0.39, 0.29) is 16.6 Å². The summed E-state index contributed by atoms with van der Waals surface area (Å²) < 4.78 is 25.5. The van der Waals surface area contributed by atoms with Gasteiger partial charge in [0.25, 0.3) is 5.91 Å². The lowest BCUT2D eigenvalue weighted by atomic mass is 10.2. The first-order chi connectivity index (χ1) is 10.3. The van der Waals surface area contributed by atoms with Gasteiger partial charge in [0.05, 0.1) is 17.2 Å². The Hall–Kier alpha value is -1.58. The molecule has 0 atom stereocenters. The Labute approximate surface area is 134 Å². The monoisotopic (exact) mass is 345 g/mol. The summed E-state index contributed by atoms with van der Waals surface area (Å²) in [6.45, 7) is 1.46. The molecule has 0 heterocycles. The first kappa shape index (κ1) is 18.5. The summed E-state index contributed by atoms with van der Waals surface area (Å²) in [5, 5.41) is 0. The Morgan fingerprint density at radius 3 is 2.23 bits per heavy atom. The first-order valence-corrected chi connectivity index (χ1v) is 9.20. The van der Waals surface area contributed by atoms with Gasteiger partial charge in [0.15, 0.2) is 0 Å². The number of thioether (sulfide) groups is 1. The Morgan fingerprint density at radius 2 is 1.68 bits per heavy atom. The second-order valence-corrected chi connectivity index (χ2v) is 7.51. The summed E-state index contributed by atoms with van der Waals surface area (Å²) in [7, 11) is -2.44. The van der Waals surface area contributed by atoms with Crippen LogP contribution in [0, 0.1) is 6.92 Å². The fourth-order valence-corrected chi connectivity index (χ4v) is 2.99. The fourth-order valence-electron chi connectivity index (χ4n) is 1.52. The molecule has 1 aromatic rings. The lowest BCUT2D eigenvalue weighted by molar-refractivity contribution is -0.127. The molecule has 0 fully saturated rings. The van der Waals surface area contributed by atoms with Gasteiger partial charge in [-0.05, 0) is 25.3 Å². The van der Waals surface area contributed by atoms with Gasteiger partial charge in [-0.25, -0.2) is 8.42 Å². The van der Waals surface area contributed by atoms with Crippen LogP contribution in [-0.4, -0.2) is 50.1 Å². The third kappa shape index (κ3) is 5.32. The number of sulfonamides is 1. The maximum Gasteiger partial charge on any atom is 0.253 e. The van der Waals surface area contributed by atoms with Crippen LogP contribution in [0.5, 0.6) is 0 Å². The maximum atomic E-state index is 12.3. The highest BCUT2D eigenvalue weighted by atomic mass is 32.2. The molecular formula is C13H19N3O4S2. The highest BCUT2D eigenvalue weighted by Gasteiger charge is 2.22. The van der Waals surface area contributed by atoms with Gasteiger partial charge in [-0.3, -0.25) is 20.4 Å². The second-order valence-electron chi connectivity index (χ2n) is 4.60. The molecule has 1 aromatic carbocycles. The number of amides is 2. The molecule has 7 nitrogen and oxygen atoms in total. The highest BCUT2D eigenvalue weighted by Crippen LogP contribution is 2.14. The number of rotatable bonds is 6. The number of nitrogens with one attached hydrogen (secondary N) is 2. The van der Waals surface area contributed by atoms with E-state index in [1.165, 1.54) is 30.9 Å². The lowest BCUT2D eigenvalue weighted by Crippen LogP contribution is -2.47. The fraction of sp³-hybridized carbons (Fsp3) is 0.385. The van der Waals surface area contributed by atoms with E-state index in [0.29, 0.717) is 0 Å². The molecule has 0 saturated carbocycles. The molecule has 2 N–H and O–H groups in total. The molecule has 1 rings (SSSR count). The molecule has 0 aliphatic heterocycles. The van der Waals surface area contributed by atoms with E-state index in [9.17, 15) is 18.0 Å². The van der Waals surface area contributed by atoms with Gasteiger partial charge >= 0.3 is 0 Å². The Balaban J connectivity index is 2.63. The van der Waals surface area contributed by atoms with Crippen LogP contribution in [0.3, 0.4) is 0 Å². The highest BCUT2D eigenvalue weighted by molar-refractivity contribution is 7.99. The van der Waals surface area contributed by atoms with Crippen LogP contribution in [-0.2, 0) is 19.6 Å². The van der Waals surface area contributed by atoms with Crippen LogP contribution in [0.25, 0.3) is 0 Å². The number of likely N-dealkylation sites (N-methyl/N-ethyl adjacent to an activating group) is 1. The molecule has 0 aliphatic carbocycles. The lowest BCUT2D eigenvalue weighted by Gasteiger charge is -2.17. The van der Waals surface area contributed by atoms with Crippen molar-refractivity contribution in [2.75, 3.05) is 25.6 Å². The van der Waals surface area contributed by atoms with Gasteiger partial charge in [0.1, 0.15) is 0 Å². The molecule has 0 unspecified atom stereocenters. The molecule has 2 amide bonds. The smallest absolute Gasteiger partial charge is 0.253 e. The standard InChI is InChI=1S/C13H19N3O4S2/c1-10-4-6-11(7-5-10)22(19,20)16(2)8-12(17)14-15-13(18)9-21-3/h4-7H,8-9H2,1-3H3,(H,14,17)(H,15,18). The number of nitrogens with zero attached hydrogens (tertiary/aromatic N) is 1. The minimum absolute atomic E-state index is 0.111. The third-order valence-electron chi connectivity index (χ3n) is 2.71. The van der Waals surface area contributed by atoms with Gasteiger partial charge in [-0.2, -0.15) is 16.1 Å². The molecule has 0 bridgehead atoms. The molecule has 22 heavy (non-hydrogen) atoms. The Morgan fingerprint density at radius 1 is 1.14 bits per heavy atom. The van der Waals surface area contributed by atoms with Gasteiger partial charge in [-0.15, -0.1) is 0 Å². The number of carbonyl (C=O) groups excluding carboxylic acids is 2. The van der Waals surface area contributed by atoms with Gasteiger partial charge in [0.2, 0.25) is 15.9 Å². The molecule has 122 valence electrons. The van der Waals surface area contributed by atoms with E-state index in [0.717, 1.165) is 9.87 Å². The number of hydrogen-bond acceptors (Lipinski definition) is 5. The predicted octanol–water partition coefficient (Wildman–Crippen LogP) is 0.126. The van der Waals surface area contributed by atoms with Crippen molar-refractivity contribution in [3.05, 3.63) is 29.8 Å². The van der Waals surface area contributed by atoms with Crippen LogP contribution >= 0.6 is 11.8 Å². The van der Waals surface area contributed by atoms with Crippen molar-refractivity contribution in [1.82, 2.24) is 15.2 Å². The van der Waals surface area contributed by atoms with Crippen LogP contribution in [0.2, 0.25) is 0 Å². The van der Waals surface area contributed by atoms with Crippen molar-refractivity contribution in [1.29, 1.82) is 0 Å². The van der Waals surface area contributed by atoms with Crippen LogP contribution in [0.4, 0.5) is 0 Å². The summed E-state index contributed by atoms with van der Waals surface area (Å²) in [6.07, 6.45) is 1.75. The number of aryl methyl sites for hydroxylation is 1. The van der Waals surface area contributed by atoms with E-state index >= 15 is 0 Å². The van der Waals surface area contributed by atoms with Gasteiger partial charge < -0.3 is 0 Å². The second kappa shape index (κ2) is 8.16. The van der Waals surface area contributed by atoms with Crippen molar-refractivity contribution in [3.63, 3.8) is 0 Å². The summed E-state index contributed by atoms with van der Waals surface area (Å²) in [5.74, 6) is -0.768. The molecule has 0 spiro atoms. The average Bonchev–Trinajstić information content (AvgIpc) is 2.46. The van der Waals surface area contributed by atoms with Gasteiger partial charge in [-0.1, -0.05) is 17.7 Å². The zero-order valence-corrected chi connectivity index (χ0v) is 14.3. The van der Waals surface area contributed by atoms with E-state index in [1.807, 2.05) is 6.92 Å². The summed E-state index contributed by atoms with van der Waals surface area (Å²) in [5.41, 5.74) is 5.32. The van der Waals surface area contributed by atoms with Crippen LogP contribution in [0.15, 0.2) is 29.2 Å². The van der Waals surface area contributed by atoms with Crippen LogP contribution < -0.4 is 10.9 Å². The molecule has 0 radical (unpaired) electrons. The summed E-state index contributed by atoms with van der Waals surface area (Å²) >= 11 is 1.31. The van der Waals surface area contributed by atoms with E-state index in [4.69, 9.17) is 0 Å². The maximum absolute atomic E-state index is 12.3. The summed E-state index contributed by atoms with van der Waals surface area (Å²) in [6, 6.07) is 6.34. The SMILES string of the molecule is CSCC(=O)NNC(=O)CN(C)S(=O)(=O)c1ccc(C)cc1. The summed E-state index contributed by atoms with van der Waals surface area (Å²) in [4.78, 5) is 23.0. The third-order valence-corrected chi connectivity index (χ3v) is 5.08. The Bertz CT molecular complexity index is 629. The predicted molar refractivity (Wildman–Crippen MR) is 85.7 cm³/mol. The minimum Gasteiger partial charge on any atom is -0.272 e. The minimum atomic E-state index is -3.74. The molecule has 0 aliphatic rings. The van der Waals surface area contributed by atoms with Crippen molar-refractivity contribution in [3.8, 4) is 0 Å². The van der Waals surface area contributed by atoms with Gasteiger partial charge in [0, 0.05) is 7.05 Å². The molecule has 0 saturated heterocycles. The number of hydrogen-bond donors (Lipinski definition) is 2.